The van der Waals surface area contributed by atoms with Crippen LogP contribution in [0.1, 0.15) is 76.0 Å². The number of amides is 4. The monoisotopic (exact) mass is 413 g/mol. The molecule has 8 nitrogen and oxygen atoms in total. The summed E-state index contributed by atoms with van der Waals surface area (Å²) in [7, 11) is 1.32. The number of imide groups is 1. The third-order valence-corrected chi connectivity index (χ3v) is 6.39. The number of nitrogens with one attached hydrogen (secondary N) is 1. The zero-order valence-corrected chi connectivity index (χ0v) is 17.2. The highest BCUT2D eigenvalue weighted by Crippen LogP contribution is 2.31. The van der Waals surface area contributed by atoms with E-state index in [-0.39, 0.29) is 29.8 Å². The van der Waals surface area contributed by atoms with Crippen LogP contribution in [0.15, 0.2) is 18.2 Å². The summed E-state index contributed by atoms with van der Waals surface area (Å²) in [5.74, 6) is -0.682. The molecule has 8 heteroatoms. The van der Waals surface area contributed by atoms with Crippen molar-refractivity contribution in [2.24, 2.45) is 0 Å². The minimum absolute atomic E-state index is 0.0234. The summed E-state index contributed by atoms with van der Waals surface area (Å²) in [6.07, 6.45) is 5.72. The van der Waals surface area contributed by atoms with Gasteiger partial charge in [0.1, 0.15) is 0 Å². The highest BCUT2D eigenvalue weighted by Gasteiger charge is 2.40. The Morgan fingerprint density at radius 2 is 1.63 bits per heavy atom. The topological polar surface area (TPSA) is 96.0 Å². The van der Waals surface area contributed by atoms with Crippen molar-refractivity contribution >= 4 is 23.8 Å². The van der Waals surface area contributed by atoms with Crippen molar-refractivity contribution in [2.75, 3.05) is 20.2 Å². The van der Waals surface area contributed by atoms with Crippen molar-refractivity contribution in [2.45, 2.75) is 57.0 Å². The summed E-state index contributed by atoms with van der Waals surface area (Å²) in [6, 6.07) is 4.75. The molecular weight excluding hydrogens is 386 g/mol. The first kappa shape index (κ1) is 20.4. The van der Waals surface area contributed by atoms with Gasteiger partial charge in [0.05, 0.1) is 18.2 Å². The molecule has 160 valence electrons. The van der Waals surface area contributed by atoms with Gasteiger partial charge in [0.15, 0.2) is 0 Å². The molecule has 1 N–H and O–H groups in total. The third-order valence-electron chi connectivity index (χ3n) is 6.39. The second-order valence-electron chi connectivity index (χ2n) is 8.23. The second-order valence-corrected chi connectivity index (χ2v) is 8.23. The fourth-order valence-electron chi connectivity index (χ4n) is 4.70. The molecule has 4 amide bonds. The number of rotatable bonds is 3. The van der Waals surface area contributed by atoms with Crippen LogP contribution in [0.5, 0.6) is 0 Å². The Balaban J connectivity index is 1.45. The number of hydrogen-bond acceptors (Lipinski definition) is 5. The summed E-state index contributed by atoms with van der Waals surface area (Å²) in [5.41, 5.74) is 1.14. The van der Waals surface area contributed by atoms with Gasteiger partial charge >= 0.3 is 6.09 Å². The Morgan fingerprint density at radius 3 is 2.30 bits per heavy atom. The lowest BCUT2D eigenvalue weighted by atomic mass is 9.94. The summed E-state index contributed by atoms with van der Waals surface area (Å²) in [5, 5.41) is 2.76. The van der Waals surface area contributed by atoms with Gasteiger partial charge in [-0.05, 0) is 43.9 Å². The molecule has 1 aliphatic carbocycles. The predicted molar refractivity (Wildman–Crippen MR) is 108 cm³/mol. The first-order chi connectivity index (χ1) is 14.5. The molecule has 1 saturated heterocycles. The molecule has 0 aromatic heterocycles. The number of alkyl carbamates (subject to hydrolysis) is 1. The fraction of sp³-hybridized carbons (Fsp3) is 0.545. The Hall–Kier alpha value is -2.90. The number of piperidine rings is 1. The Morgan fingerprint density at radius 1 is 0.967 bits per heavy atom. The molecule has 2 heterocycles. The van der Waals surface area contributed by atoms with E-state index in [4.69, 9.17) is 0 Å². The number of fused-ring (bicyclic) bond motifs is 1. The van der Waals surface area contributed by atoms with Gasteiger partial charge in [-0.15, -0.1) is 0 Å². The van der Waals surface area contributed by atoms with Crippen LogP contribution < -0.4 is 5.32 Å². The van der Waals surface area contributed by atoms with Gasteiger partial charge in [-0.3, -0.25) is 19.3 Å². The number of hydrogen-bond donors (Lipinski definition) is 1. The molecule has 1 aromatic rings. The van der Waals surface area contributed by atoms with Crippen LogP contribution in [-0.2, 0) is 4.74 Å². The van der Waals surface area contributed by atoms with Crippen LogP contribution in [-0.4, -0.2) is 65.9 Å². The molecule has 3 aliphatic rings. The smallest absolute Gasteiger partial charge is 0.407 e. The van der Waals surface area contributed by atoms with E-state index >= 15 is 0 Å². The van der Waals surface area contributed by atoms with Crippen molar-refractivity contribution in [3.05, 3.63) is 34.9 Å². The van der Waals surface area contributed by atoms with Crippen molar-refractivity contribution in [3.63, 3.8) is 0 Å². The Bertz CT molecular complexity index is 870. The number of likely N-dealkylation sites (tertiary alicyclic amines) is 1. The largest absolute Gasteiger partial charge is 0.453 e. The van der Waals surface area contributed by atoms with Crippen LogP contribution >= 0.6 is 0 Å². The molecule has 30 heavy (non-hydrogen) atoms. The van der Waals surface area contributed by atoms with Gasteiger partial charge in [0, 0.05) is 30.7 Å². The molecule has 0 atom stereocenters. The van der Waals surface area contributed by atoms with E-state index in [0.29, 0.717) is 42.6 Å². The third kappa shape index (κ3) is 3.78. The maximum Gasteiger partial charge on any atom is 0.407 e. The normalized spacial score (nSPS) is 20.3. The SMILES string of the molecule is COC(=O)NC1CCN(C(=O)c2ccc3c(c2)C(=O)N(C2CCCCC2)C3=O)CC1. The lowest BCUT2D eigenvalue weighted by molar-refractivity contribution is 0.0548. The molecule has 0 spiro atoms. The summed E-state index contributed by atoms with van der Waals surface area (Å²) in [6.45, 7) is 1.01. The number of methoxy groups -OCH3 is 1. The Kier molecular flexibility index (Phi) is 5.74. The second kappa shape index (κ2) is 8.45. The van der Waals surface area contributed by atoms with Gasteiger partial charge < -0.3 is 15.0 Å². The fourth-order valence-corrected chi connectivity index (χ4v) is 4.70. The number of ether oxygens (including phenoxy) is 1. The molecule has 0 bridgehead atoms. The van der Waals surface area contributed by atoms with E-state index in [0.717, 1.165) is 32.1 Å². The van der Waals surface area contributed by atoms with E-state index in [1.165, 1.54) is 12.0 Å². The Labute approximate surface area is 175 Å². The molecule has 0 radical (unpaired) electrons. The average molecular weight is 413 g/mol. The summed E-state index contributed by atoms with van der Waals surface area (Å²) in [4.78, 5) is 53.2. The van der Waals surface area contributed by atoms with Crippen molar-refractivity contribution in [3.8, 4) is 0 Å². The number of benzene rings is 1. The minimum Gasteiger partial charge on any atom is -0.453 e. The zero-order chi connectivity index (χ0) is 21.3. The molecule has 1 aromatic carbocycles. The van der Waals surface area contributed by atoms with Crippen LogP contribution in [0.25, 0.3) is 0 Å². The van der Waals surface area contributed by atoms with E-state index in [1.54, 1.807) is 23.1 Å². The van der Waals surface area contributed by atoms with E-state index in [9.17, 15) is 19.2 Å². The predicted octanol–water partition coefficient (Wildman–Crippen LogP) is 2.58. The quantitative estimate of drug-likeness (QED) is 0.769. The standard InChI is InChI=1S/C22H27N3O5/c1-30-22(29)23-15-9-11-24(12-10-15)19(26)14-7-8-17-18(13-14)21(28)25(20(17)27)16-5-3-2-4-6-16/h7-8,13,15-16H,2-6,9-12H2,1H3,(H,23,29). The van der Waals surface area contributed by atoms with E-state index in [1.807, 2.05) is 0 Å². The van der Waals surface area contributed by atoms with Crippen LogP contribution in [0.2, 0.25) is 0 Å². The lowest BCUT2D eigenvalue weighted by Crippen LogP contribution is -2.46. The number of carbonyl (C=O) groups is 4. The molecular formula is C22H27N3O5. The minimum atomic E-state index is -0.468. The van der Waals surface area contributed by atoms with Crippen LogP contribution in [0, 0.1) is 0 Å². The van der Waals surface area contributed by atoms with Crippen molar-refractivity contribution in [1.29, 1.82) is 0 Å². The summed E-state index contributed by atoms with van der Waals surface area (Å²) < 4.78 is 4.62. The molecule has 4 rings (SSSR count). The van der Waals surface area contributed by atoms with Gasteiger partial charge in [0.2, 0.25) is 0 Å². The molecule has 2 aliphatic heterocycles. The highest BCUT2D eigenvalue weighted by atomic mass is 16.5. The van der Waals surface area contributed by atoms with E-state index in [2.05, 4.69) is 10.1 Å². The van der Waals surface area contributed by atoms with Gasteiger partial charge in [-0.25, -0.2) is 4.79 Å². The van der Waals surface area contributed by atoms with Crippen molar-refractivity contribution in [1.82, 2.24) is 15.1 Å². The lowest BCUT2D eigenvalue weighted by Gasteiger charge is -2.32. The van der Waals surface area contributed by atoms with Gasteiger partial charge in [-0.2, -0.15) is 0 Å². The molecule has 2 fully saturated rings. The van der Waals surface area contributed by atoms with Gasteiger partial charge in [0.25, 0.3) is 17.7 Å². The zero-order valence-electron chi connectivity index (χ0n) is 17.2. The molecule has 1 saturated carbocycles. The van der Waals surface area contributed by atoms with Crippen LogP contribution in [0.3, 0.4) is 0 Å². The molecule has 0 unspecified atom stereocenters. The van der Waals surface area contributed by atoms with Gasteiger partial charge in [-0.1, -0.05) is 19.3 Å². The van der Waals surface area contributed by atoms with E-state index < -0.39 is 6.09 Å². The first-order valence-electron chi connectivity index (χ1n) is 10.7. The first-order valence-corrected chi connectivity index (χ1v) is 10.7. The maximum atomic E-state index is 13.0. The highest BCUT2D eigenvalue weighted by molar-refractivity contribution is 6.22. The number of nitrogens with zero attached hydrogens (tertiary/aromatic N) is 2. The van der Waals surface area contributed by atoms with Crippen LogP contribution in [0.4, 0.5) is 4.79 Å². The van der Waals surface area contributed by atoms with Crippen molar-refractivity contribution < 1.29 is 23.9 Å². The summed E-state index contributed by atoms with van der Waals surface area (Å²) >= 11 is 0. The maximum absolute atomic E-state index is 13.0. The number of carbonyl (C=O) groups excluding carboxylic acids is 4. The average Bonchev–Trinajstić information content (AvgIpc) is 3.03.